The van der Waals surface area contributed by atoms with Crippen LogP contribution in [0.4, 0.5) is 5.69 Å². The third-order valence-electron chi connectivity index (χ3n) is 4.49. The van der Waals surface area contributed by atoms with Gasteiger partial charge in [0.25, 0.3) is 0 Å². The number of H-pyrrole nitrogens is 1. The highest BCUT2D eigenvalue weighted by Gasteiger charge is 2.24. The predicted octanol–water partition coefficient (Wildman–Crippen LogP) is 3.49. The van der Waals surface area contributed by atoms with Crippen molar-refractivity contribution in [3.63, 3.8) is 0 Å². The van der Waals surface area contributed by atoms with E-state index >= 15 is 0 Å². The molecule has 1 aromatic heterocycles. The van der Waals surface area contributed by atoms with Crippen LogP contribution in [0.25, 0.3) is 11.4 Å². The van der Waals surface area contributed by atoms with E-state index in [0.717, 1.165) is 23.1 Å². The molecule has 1 fully saturated rings. The number of aromatic amines is 1. The van der Waals surface area contributed by atoms with E-state index in [9.17, 15) is 0 Å². The van der Waals surface area contributed by atoms with E-state index in [1.165, 1.54) is 25.7 Å². The number of hydrogen-bond donors (Lipinski definition) is 2. The van der Waals surface area contributed by atoms with Crippen LogP contribution < -0.4 is 5.32 Å². The largest absolute Gasteiger partial charge is 0.382 e. The zero-order valence-corrected chi connectivity index (χ0v) is 12.7. The molecule has 2 atom stereocenters. The summed E-state index contributed by atoms with van der Waals surface area (Å²) in [7, 11) is 0. The Morgan fingerprint density at radius 3 is 2.95 bits per heavy atom. The second kappa shape index (κ2) is 6.24. The number of nitrogens with one attached hydrogen (secondary N) is 2. The normalized spacial score (nSPS) is 22.4. The summed E-state index contributed by atoms with van der Waals surface area (Å²) in [5, 5.41) is 17.9. The molecule has 1 aliphatic rings. The summed E-state index contributed by atoms with van der Waals surface area (Å²) in [6, 6.07) is 8.84. The molecule has 2 aromatic rings. The molecule has 1 heterocycles. The summed E-state index contributed by atoms with van der Waals surface area (Å²) in [6.07, 6.45) is 5.23. The lowest BCUT2D eigenvalue weighted by atomic mass is 9.79. The van der Waals surface area contributed by atoms with Gasteiger partial charge in [0.2, 0.25) is 5.82 Å². The van der Waals surface area contributed by atoms with Gasteiger partial charge in [-0.2, -0.15) is 5.21 Å². The molecule has 2 unspecified atom stereocenters. The summed E-state index contributed by atoms with van der Waals surface area (Å²) in [5.74, 6) is 2.26. The van der Waals surface area contributed by atoms with Crippen LogP contribution in [0, 0.1) is 11.8 Å². The fraction of sp³-hybridized carbons (Fsp3) is 0.562. The Kier molecular flexibility index (Phi) is 4.18. The van der Waals surface area contributed by atoms with Crippen molar-refractivity contribution in [1.29, 1.82) is 0 Å². The molecule has 0 radical (unpaired) electrons. The molecule has 1 aliphatic carbocycles. The van der Waals surface area contributed by atoms with Gasteiger partial charge in [-0.1, -0.05) is 38.8 Å². The molecule has 0 aliphatic heterocycles. The van der Waals surface area contributed by atoms with Crippen molar-refractivity contribution in [2.75, 3.05) is 5.32 Å². The van der Waals surface area contributed by atoms with Gasteiger partial charge in [-0.15, -0.1) is 10.2 Å². The smallest absolute Gasteiger partial charge is 0.204 e. The molecule has 112 valence electrons. The van der Waals surface area contributed by atoms with Crippen LogP contribution in [0.1, 0.15) is 39.5 Å². The maximum Gasteiger partial charge on any atom is 0.204 e. The Bertz CT molecular complexity index is 564. The molecule has 0 saturated heterocycles. The number of aromatic nitrogens is 4. The lowest BCUT2D eigenvalue weighted by molar-refractivity contribution is 0.264. The van der Waals surface area contributed by atoms with Crippen LogP contribution in [0.5, 0.6) is 0 Å². The van der Waals surface area contributed by atoms with Gasteiger partial charge in [-0.3, -0.25) is 0 Å². The van der Waals surface area contributed by atoms with Crippen molar-refractivity contribution < 1.29 is 0 Å². The lowest BCUT2D eigenvalue weighted by Gasteiger charge is -2.32. The molecule has 0 spiro atoms. The highest BCUT2D eigenvalue weighted by molar-refractivity contribution is 5.61. The lowest BCUT2D eigenvalue weighted by Crippen LogP contribution is -2.29. The maximum absolute atomic E-state index is 4.03. The molecule has 2 N–H and O–H groups in total. The van der Waals surface area contributed by atoms with Crippen LogP contribution in [-0.2, 0) is 0 Å². The van der Waals surface area contributed by atoms with Crippen LogP contribution in [-0.4, -0.2) is 26.7 Å². The highest BCUT2D eigenvalue weighted by atomic mass is 15.5. The first-order chi connectivity index (χ1) is 10.2. The van der Waals surface area contributed by atoms with Gasteiger partial charge >= 0.3 is 0 Å². The first-order valence-corrected chi connectivity index (χ1v) is 7.83. The zero-order valence-electron chi connectivity index (χ0n) is 12.7. The Labute approximate surface area is 125 Å². The molecule has 5 heteroatoms. The van der Waals surface area contributed by atoms with E-state index in [4.69, 9.17) is 0 Å². The fourth-order valence-corrected chi connectivity index (χ4v) is 3.23. The summed E-state index contributed by atoms with van der Waals surface area (Å²) in [5.41, 5.74) is 2.14. The minimum absolute atomic E-state index is 0.576. The molecular weight excluding hydrogens is 262 g/mol. The number of nitrogens with zero attached hydrogens (tertiary/aromatic N) is 3. The Hall–Kier alpha value is -1.91. The number of benzene rings is 1. The molecule has 3 rings (SSSR count). The zero-order chi connectivity index (χ0) is 14.7. The highest BCUT2D eigenvalue weighted by Crippen LogP contribution is 2.32. The Morgan fingerprint density at radius 2 is 2.19 bits per heavy atom. The van der Waals surface area contributed by atoms with Gasteiger partial charge in [0, 0.05) is 17.3 Å². The van der Waals surface area contributed by atoms with Gasteiger partial charge < -0.3 is 5.32 Å². The van der Waals surface area contributed by atoms with Crippen LogP contribution in [0.15, 0.2) is 24.3 Å². The molecule has 5 nitrogen and oxygen atoms in total. The molecule has 21 heavy (non-hydrogen) atoms. The average Bonchev–Trinajstić information content (AvgIpc) is 3.02. The topological polar surface area (TPSA) is 66.5 Å². The Balaban J connectivity index is 1.69. The first-order valence-electron chi connectivity index (χ1n) is 7.83. The predicted molar refractivity (Wildman–Crippen MR) is 83.8 cm³/mol. The second-order valence-corrected chi connectivity index (χ2v) is 6.33. The van der Waals surface area contributed by atoms with E-state index in [0.29, 0.717) is 11.9 Å². The molecule has 0 bridgehead atoms. The summed E-state index contributed by atoms with van der Waals surface area (Å²) in [4.78, 5) is 0. The number of hydrogen-bond acceptors (Lipinski definition) is 4. The quantitative estimate of drug-likeness (QED) is 0.902. The molecular formula is C16H23N5. The van der Waals surface area contributed by atoms with Crippen molar-refractivity contribution in [3.8, 4) is 11.4 Å². The van der Waals surface area contributed by atoms with Crippen LogP contribution >= 0.6 is 0 Å². The van der Waals surface area contributed by atoms with Gasteiger partial charge in [0.05, 0.1) is 0 Å². The van der Waals surface area contributed by atoms with Crippen molar-refractivity contribution in [3.05, 3.63) is 24.3 Å². The third-order valence-corrected chi connectivity index (χ3v) is 4.49. The van der Waals surface area contributed by atoms with Gasteiger partial charge in [0.1, 0.15) is 0 Å². The van der Waals surface area contributed by atoms with Gasteiger partial charge in [-0.25, -0.2) is 0 Å². The summed E-state index contributed by atoms with van der Waals surface area (Å²) < 4.78 is 0. The third kappa shape index (κ3) is 3.40. The molecule has 0 amide bonds. The van der Waals surface area contributed by atoms with E-state index in [-0.39, 0.29) is 0 Å². The van der Waals surface area contributed by atoms with E-state index < -0.39 is 0 Å². The molecule has 1 aromatic carbocycles. The minimum atomic E-state index is 0.576. The van der Waals surface area contributed by atoms with Crippen molar-refractivity contribution in [2.24, 2.45) is 11.8 Å². The summed E-state index contributed by atoms with van der Waals surface area (Å²) in [6.45, 7) is 4.67. The standard InChI is InChI=1S/C16H23N5/c1-11(2)12-5-3-7-14(9-12)17-15-8-4-6-13(10-15)16-18-20-21-19-16/h4,6,8,10-12,14,17H,3,5,7,9H2,1-2H3,(H,18,19,20,21). The monoisotopic (exact) mass is 285 g/mol. The minimum Gasteiger partial charge on any atom is -0.382 e. The van der Waals surface area contributed by atoms with E-state index in [1.54, 1.807) is 0 Å². The number of rotatable bonds is 4. The summed E-state index contributed by atoms with van der Waals surface area (Å²) >= 11 is 0. The van der Waals surface area contributed by atoms with Crippen LogP contribution in [0.2, 0.25) is 0 Å². The van der Waals surface area contributed by atoms with Gasteiger partial charge in [-0.05, 0) is 42.0 Å². The number of tetrazole rings is 1. The average molecular weight is 285 g/mol. The van der Waals surface area contributed by atoms with Crippen molar-refractivity contribution >= 4 is 5.69 Å². The SMILES string of the molecule is CC(C)C1CCCC(Nc2cccc(-c3nn[nH]n3)c2)C1. The molecule has 1 saturated carbocycles. The van der Waals surface area contributed by atoms with Crippen molar-refractivity contribution in [1.82, 2.24) is 20.6 Å². The van der Waals surface area contributed by atoms with Gasteiger partial charge in [0.15, 0.2) is 0 Å². The van der Waals surface area contributed by atoms with E-state index in [2.05, 4.69) is 51.9 Å². The van der Waals surface area contributed by atoms with E-state index in [1.807, 2.05) is 12.1 Å². The number of anilines is 1. The van der Waals surface area contributed by atoms with Crippen molar-refractivity contribution in [2.45, 2.75) is 45.6 Å². The second-order valence-electron chi connectivity index (χ2n) is 6.33. The maximum atomic E-state index is 4.03. The van der Waals surface area contributed by atoms with Crippen LogP contribution in [0.3, 0.4) is 0 Å². The first kappa shape index (κ1) is 14.0. The Morgan fingerprint density at radius 1 is 1.29 bits per heavy atom. The fourth-order valence-electron chi connectivity index (χ4n) is 3.23.